The third-order valence-electron chi connectivity index (χ3n) is 5.51. The molecule has 2 unspecified atom stereocenters. The van der Waals surface area contributed by atoms with E-state index in [0.717, 1.165) is 53.9 Å². The van der Waals surface area contributed by atoms with E-state index in [2.05, 4.69) is 52.1 Å². The Morgan fingerprint density at radius 2 is 1.90 bits per heavy atom. The first-order valence-electron chi connectivity index (χ1n) is 8.21. The molecule has 0 radical (unpaired) electrons. The minimum absolute atomic E-state index is 0.518. The van der Waals surface area contributed by atoms with Crippen molar-refractivity contribution in [3.05, 3.63) is 15.7 Å². The summed E-state index contributed by atoms with van der Waals surface area (Å²) in [4.78, 5) is 7.39. The molecule has 0 bridgehead atoms. The number of morpholine rings is 1. The molecule has 2 saturated carbocycles. The van der Waals surface area contributed by atoms with Gasteiger partial charge in [-0.1, -0.05) is 13.8 Å². The van der Waals surface area contributed by atoms with E-state index in [1.54, 1.807) is 0 Å². The van der Waals surface area contributed by atoms with E-state index >= 15 is 0 Å². The fourth-order valence-electron chi connectivity index (χ4n) is 4.47. The summed E-state index contributed by atoms with van der Waals surface area (Å²) >= 11 is 2.35. The van der Waals surface area contributed by atoms with E-state index in [4.69, 9.17) is 9.72 Å². The van der Waals surface area contributed by atoms with Crippen molar-refractivity contribution in [2.24, 2.45) is 11.8 Å². The van der Waals surface area contributed by atoms with Crippen LogP contribution in [0.1, 0.15) is 44.5 Å². The molecule has 0 N–H and O–H groups in total. The highest BCUT2D eigenvalue weighted by atomic mass is 127. The maximum absolute atomic E-state index is 5.48. The molecule has 1 saturated heterocycles. The van der Waals surface area contributed by atoms with Crippen molar-refractivity contribution >= 4 is 22.6 Å². The summed E-state index contributed by atoms with van der Waals surface area (Å²) < 4.78 is 9.12. The van der Waals surface area contributed by atoms with Crippen molar-refractivity contribution in [2.75, 3.05) is 26.3 Å². The highest BCUT2D eigenvalue weighted by Crippen LogP contribution is 2.62. The maximum Gasteiger partial charge on any atom is 0.119 e. The molecule has 4 rings (SSSR count). The molecule has 5 heteroatoms. The van der Waals surface area contributed by atoms with Crippen LogP contribution in [0.3, 0.4) is 0 Å². The quantitative estimate of drug-likeness (QED) is 0.730. The second-order valence-corrected chi connectivity index (χ2v) is 8.18. The Morgan fingerprint density at radius 1 is 1.24 bits per heavy atom. The van der Waals surface area contributed by atoms with Crippen molar-refractivity contribution in [3.8, 4) is 0 Å². The lowest BCUT2D eigenvalue weighted by molar-refractivity contribution is 0.0146. The zero-order chi connectivity index (χ0) is 14.6. The van der Waals surface area contributed by atoms with Crippen molar-refractivity contribution < 1.29 is 4.74 Å². The second-order valence-electron chi connectivity index (χ2n) is 7.08. The van der Waals surface area contributed by atoms with Crippen LogP contribution in [0.2, 0.25) is 0 Å². The van der Waals surface area contributed by atoms with Gasteiger partial charge in [0, 0.05) is 37.3 Å². The van der Waals surface area contributed by atoms with Gasteiger partial charge in [-0.3, -0.25) is 4.90 Å². The van der Waals surface area contributed by atoms with E-state index < -0.39 is 0 Å². The van der Waals surface area contributed by atoms with Crippen LogP contribution >= 0.6 is 22.6 Å². The third-order valence-corrected chi connectivity index (χ3v) is 6.03. The van der Waals surface area contributed by atoms with Crippen molar-refractivity contribution in [2.45, 2.75) is 44.7 Å². The van der Waals surface area contributed by atoms with E-state index in [0.29, 0.717) is 5.92 Å². The molecule has 2 heterocycles. The molecule has 21 heavy (non-hydrogen) atoms. The molecule has 3 aliphatic rings. The van der Waals surface area contributed by atoms with E-state index in [9.17, 15) is 0 Å². The number of hydrogen-bond donors (Lipinski definition) is 0. The van der Waals surface area contributed by atoms with Crippen LogP contribution in [0.5, 0.6) is 0 Å². The monoisotopic (exact) mass is 401 g/mol. The lowest BCUT2D eigenvalue weighted by Gasteiger charge is -2.33. The highest BCUT2D eigenvalue weighted by molar-refractivity contribution is 14.1. The first-order valence-corrected chi connectivity index (χ1v) is 9.29. The Balaban J connectivity index is 1.44. The van der Waals surface area contributed by atoms with Gasteiger partial charge in [0.25, 0.3) is 0 Å². The molecule has 0 spiro atoms. The van der Waals surface area contributed by atoms with Gasteiger partial charge in [0.1, 0.15) is 9.53 Å². The average molecular weight is 401 g/mol. The zero-order valence-corrected chi connectivity index (χ0v) is 15.0. The summed E-state index contributed by atoms with van der Waals surface area (Å²) in [6, 6.07) is 1.54. The smallest absolute Gasteiger partial charge is 0.119 e. The van der Waals surface area contributed by atoms with Crippen LogP contribution < -0.4 is 0 Å². The highest BCUT2D eigenvalue weighted by Gasteiger charge is 2.58. The van der Waals surface area contributed by atoms with Crippen molar-refractivity contribution in [1.29, 1.82) is 0 Å². The molecule has 2 aliphatic carbocycles. The Bertz CT molecular complexity index is 512. The van der Waals surface area contributed by atoms with Crippen LogP contribution in [-0.2, 0) is 4.74 Å². The SMILES string of the molecule is CC(C)c1nc(I)cn1C1[C@H]2CC(N3CCOCC3)C[C@@H]12. The molecule has 116 valence electrons. The normalized spacial score (nSPS) is 36.2. The minimum atomic E-state index is 0.518. The molecule has 0 amide bonds. The van der Waals surface area contributed by atoms with Crippen LogP contribution in [0.25, 0.3) is 0 Å². The first-order chi connectivity index (χ1) is 10.1. The van der Waals surface area contributed by atoms with Gasteiger partial charge in [-0.25, -0.2) is 4.98 Å². The summed E-state index contributed by atoms with van der Waals surface area (Å²) in [5, 5.41) is 0. The van der Waals surface area contributed by atoms with E-state index in [1.165, 1.54) is 18.7 Å². The lowest BCUT2D eigenvalue weighted by Crippen LogP contribution is -2.43. The standard InChI is InChI=1S/C16H24IN3O/c1-10(2)16-18-14(17)9-20(16)15-12-7-11(8-13(12)15)19-3-5-21-6-4-19/h9-13,15H,3-8H2,1-2H3/t11?,12-,13+,15?. The molecule has 1 aliphatic heterocycles. The zero-order valence-electron chi connectivity index (χ0n) is 12.8. The van der Waals surface area contributed by atoms with Crippen LogP contribution in [0.15, 0.2) is 6.20 Å². The number of imidazole rings is 1. The molecule has 0 aromatic carbocycles. The van der Waals surface area contributed by atoms with Crippen molar-refractivity contribution in [3.63, 3.8) is 0 Å². The molecule has 4 atom stereocenters. The van der Waals surface area contributed by atoms with E-state index in [-0.39, 0.29) is 0 Å². The molecule has 1 aromatic heterocycles. The fourth-order valence-corrected chi connectivity index (χ4v) is 5.02. The summed E-state index contributed by atoms with van der Waals surface area (Å²) in [7, 11) is 0. The van der Waals surface area contributed by atoms with Gasteiger partial charge in [-0.2, -0.15) is 0 Å². The maximum atomic E-state index is 5.48. The number of ether oxygens (including phenoxy) is 1. The third kappa shape index (κ3) is 2.55. The Labute approximate surface area is 140 Å². The molecule has 4 nitrogen and oxygen atoms in total. The van der Waals surface area contributed by atoms with Crippen LogP contribution in [0, 0.1) is 15.5 Å². The lowest BCUT2D eigenvalue weighted by atomic mass is 10.1. The average Bonchev–Trinajstić information content (AvgIpc) is 2.86. The van der Waals surface area contributed by atoms with Gasteiger partial charge < -0.3 is 9.30 Å². The second kappa shape index (κ2) is 5.49. The predicted molar refractivity (Wildman–Crippen MR) is 90.5 cm³/mol. The Kier molecular flexibility index (Phi) is 3.78. The Hall–Kier alpha value is -0.140. The summed E-state index contributed by atoms with van der Waals surface area (Å²) in [5.41, 5.74) is 0. The van der Waals surface area contributed by atoms with Gasteiger partial charge >= 0.3 is 0 Å². The number of fused-ring (bicyclic) bond motifs is 1. The number of hydrogen-bond acceptors (Lipinski definition) is 3. The largest absolute Gasteiger partial charge is 0.379 e. The van der Waals surface area contributed by atoms with Gasteiger partial charge in [-0.05, 0) is 47.3 Å². The van der Waals surface area contributed by atoms with Crippen molar-refractivity contribution in [1.82, 2.24) is 14.5 Å². The Morgan fingerprint density at radius 3 is 2.52 bits per heavy atom. The van der Waals surface area contributed by atoms with Gasteiger partial charge in [-0.15, -0.1) is 0 Å². The summed E-state index contributed by atoms with van der Waals surface area (Å²) in [6.07, 6.45) is 5.02. The molecule has 3 fully saturated rings. The molecular weight excluding hydrogens is 377 g/mol. The first kappa shape index (κ1) is 14.5. The topological polar surface area (TPSA) is 30.3 Å². The van der Waals surface area contributed by atoms with Crippen LogP contribution in [-0.4, -0.2) is 46.8 Å². The summed E-state index contributed by atoms with van der Waals surface area (Å²) in [6.45, 7) is 8.62. The number of halogens is 1. The minimum Gasteiger partial charge on any atom is -0.379 e. The fraction of sp³-hybridized carbons (Fsp3) is 0.812. The van der Waals surface area contributed by atoms with Gasteiger partial charge in [0.15, 0.2) is 0 Å². The molecule has 1 aromatic rings. The number of rotatable bonds is 3. The summed E-state index contributed by atoms with van der Waals surface area (Å²) in [5.74, 6) is 3.58. The van der Waals surface area contributed by atoms with Gasteiger partial charge in [0.2, 0.25) is 0 Å². The number of nitrogens with zero attached hydrogens (tertiary/aromatic N) is 3. The molecular formula is C16H24IN3O. The van der Waals surface area contributed by atoms with E-state index in [1.807, 2.05) is 0 Å². The van der Waals surface area contributed by atoms with Gasteiger partial charge in [0.05, 0.1) is 13.2 Å². The predicted octanol–water partition coefficient (Wildman–Crippen LogP) is 2.89. The number of aromatic nitrogens is 2. The van der Waals surface area contributed by atoms with Crippen LogP contribution in [0.4, 0.5) is 0 Å².